The molecule has 5 rings (SSSR count). The maximum Gasteiger partial charge on any atom is 0.362 e. The van der Waals surface area contributed by atoms with E-state index in [0.717, 1.165) is 0 Å². The number of hydrogen-bond acceptors (Lipinski definition) is 8. The third-order valence-corrected chi connectivity index (χ3v) is 5.49. The average Bonchev–Trinajstić information content (AvgIpc) is 3.37. The molecule has 0 bridgehead atoms. The van der Waals surface area contributed by atoms with Crippen molar-refractivity contribution in [2.75, 3.05) is 20.0 Å². The summed E-state index contributed by atoms with van der Waals surface area (Å²) in [5.41, 5.74) is 7.18. The van der Waals surface area contributed by atoms with E-state index in [4.69, 9.17) is 24.0 Å². The Morgan fingerprint density at radius 2 is 1.79 bits per heavy atom. The van der Waals surface area contributed by atoms with Gasteiger partial charge in [0.1, 0.15) is 34.2 Å². The first kappa shape index (κ1) is 20.2. The number of fused-ring (bicyclic) bond motifs is 3. The fourth-order valence-corrected chi connectivity index (χ4v) is 4.09. The van der Waals surface area contributed by atoms with E-state index in [1.807, 2.05) is 30.3 Å². The van der Waals surface area contributed by atoms with Gasteiger partial charge in [-0.25, -0.2) is 9.36 Å². The molecule has 4 aromatic rings. The van der Waals surface area contributed by atoms with Crippen molar-refractivity contribution in [2.24, 2.45) is 0 Å². The number of nitriles is 1. The number of nitrogens with two attached hydrogens (primary N) is 1. The largest absolute Gasteiger partial charge is 0.496 e. The molecule has 0 unspecified atom stereocenters. The van der Waals surface area contributed by atoms with E-state index in [0.29, 0.717) is 28.3 Å². The minimum absolute atomic E-state index is 0.0446. The number of para-hydroxylation sites is 2. The molecule has 0 fully saturated rings. The second-order valence-corrected chi connectivity index (χ2v) is 7.24. The highest BCUT2D eigenvalue weighted by Crippen LogP contribution is 2.41. The topological polar surface area (TPSA) is 129 Å². The average molecular weight is 442 g/mol. The monoisotopic (exact) mass is 442 g/mol. The lowest BCUT2D eigenvalue weighted by molar-refractivity contribution is 0.408. The fourth-order valence-electron chi connectivity index (χ4n) is 4.09. The third-order valence-electron chi connectivity index (χ3n) is 5.49. The van der Waals surface area contributed by atoms with Crippen LogP contribution in [0.25, 0.3) is 17.5 Å². The number of aromatic nitrogens is 2. The summed E-state index contributed by atoms with van der Waals surface area (Å²) in [6.07, 6.45) is 1.61. The first-order valence-electron chi connectivity index (χ1n) is 9.97. The number of hydrogen-bond donors (Lipinski definition) is 1. The van der Waals surface area contributed by atoms with Crippen molar-refractivity contribution in [3.63, 3.8) is 0 Å². The van der Waals surface area contributed by atoms with Crippen LogP contribution in [-0.2, 0) is 0 Å². The van der Waals surface area contributed by atoms with E-state index in [-0.39, 0.29) is 28.4 Å². The molecule has 0 saturated heterocycles. The Morgan fingerprint density at radius 1 is 1.09 bits per heavy atom. The molecule has 0 amide bonds. The number of benzene rings is 2. The predicted molar refractivity (Wildman–Crippen MR) is 118 cm³/mol. The van der Waals surface area contributed by atoms with Gasteiger partial charge < -0.3 is 24.0 Å². The number of methoxy groups -OCH3 is 2. The Hall–Kier alpha value is -4.71. The van der Waals surface area contributed by atoms with Crippen LogP contribution in [0.4, 0.5) is 6.01 Å². The molecule has 2 aromatic heterocycles. The van der Waals surface area contributed by atoms with Crippen LogP contribution in [0.3, 0.4) is 0 Å². The second kappa shape index (κ2) is 7.76. The first-order valence-corrected chi connectivity index (χ1v) is 9.97. The number of nitrogen functional groups attached to an aromatic ring is 1. The van der Waals surface area contributed by atoms with Crippen molar-refractivity contribution in [1.29, 1.82) is 5.26 Å². The van der Waals surface area contributed by atoms with Crippen LogP contribution in [0.5, 0.6) is 11.5 Å². The third kappa shape index (κ3) is 3.08. The number of oxazole rings is 2. The summed E-state index contributed by atoms with van der Waals surface area (Å²) in [6, 6.07) is 16.5. The van der Waals surface area contributed by atoms with Crippen LogP contribution in [-0.4, -0.2) is 23.8 Å². The van der Waals surface area contributed by atoms with Crippen LogP contribution < -0.4 is 31.7 Å². The van der Waals surface area contributed by atoms with E-state index in [1.165, 1.54) is 18.8 Å². The summed E-state index contributed by atoms with van der Waals surface area (Å²) in [5, 5.41) is 10.3. The molecular formula is C24H18N4O5. The lowest BCUT2D eigenvalue weighted by Gasteiger charge is -2.20. The molecule has 9 heteroatoms. The molecule has 0 spiro atoms. The van der Waals surface area contributed by atoms with E-state index < -0.39 is 11.5 Å². The number of nitrogens with zero attached hydrogens (tertiary/aromatic N) is 3. The molecule has 164 valence electrons. The summed E-state index contributed by atoms with van der Waals surface area (Å²) in [4.78, 5) is 17.3. The molecule has 1 atom stereocenters. The van der Waals surface area contributed by atoms with Crippen LogP contribution in [0, 0.1) is 11.3 Å². The highest BCUT2D eigenvalue weighted by Gasteiger charge is 2.37. The highest BCUT2D eigenvalue weighted by atomic mass is 16.5. The zero-order chi connectivity index (χ0) is 23.1. The fraction of sp³-hybridized carbons (Fsp3) is 0.125. The van der Waals surface area contributed by atoms with Crippen LogP contribution in [0.15, 0.2) is 62.2 Å². The van der Waals surface area contributed by atoms with Gasteiger partial charge >= 0.3 is 5.63 Å². The lowest BCUT2D eigenvalue weighted by atomic mass is 9.87. The minimum Gasteiger partial charge on any atom is -0.496 e. The van der Waals surface area contributed by atoms with Crippen LogP contribution >= 0.6 is 0 Å². The predicted octanol–water partition coefficient (Wildman–Crippen LogP) is 1.67. The molecule has 0 radical (unpaired) electrons. The van der Waals surface area contributed by atoms with Crippen molar-refractivity contribution in [1.82, 2.24) is 9.55 Å². The Kier molecular flexibility index (Phi) is 4.75. The maximum absolute atomic E-state index is 13.0. The Balaban J connectivity index is 1.90. The van der Waals surface area contributed by atoms with Gasteiger partial charge in [-0.1, -0.05) is 36.4 Å². The molecule has 0 saturated carbocycles. The number of anilines is 1. The van der Waals surface area contributed by atoms with Crippen molar-refractivity contribution in [2.45, 2.75) is 5.92 Å². The molecular weight excluding hydrogens is 424 g/mol. The molecule has 9 nitrogen and oxygen atoms in total. The van der Waals surface area contributed by atoms with Crippen molar-refractivity contribution in [3.8, 4) is 23.5 Å². The van der Waals surface area contributed by atoms with E-state index >= 15 is 0 Å². The molecule has 3 heterocycles. The molecule has 1 aliphatic rings. The summed E-state index contributed by atoms with van der Waals surface area (Å²) in [5.74, 6) is 0.610. The number of rotatable bonds is 4. The molecule has 2 aromatic carbocycles. The summed E-state index contributed by atoms with van der Waals surface area (Å²) in [7, 11) is 3.08. The molecule has 0 aliphatic carbocycles. The second-order valence-electron chi connectivity index (χ2n) is 7.24. The lowest BCUT2D eigenvalue weighted by Crippen LogP contribution is -2.35. The zero-order valence-corrected chi connectivity index (χ0v) is 17.7. The summed E-state index contributed by atoms with van der Waals surface area (Å²) >= 11 is 0. The van der Waals surface area contributed by atoms with Gasteiger partial charge in [-0.3, -0.25) is 0 Å². The standard InChI is InChI=1S/C24H18N4O5/c1-30-17-9-5-3-7-13(17)11-16-23(29)32-21-15(12-25)19(14-8-4-6-10-18(14)31-2)20-22(28(16)21)33-24(26)27-20/h3-11,19H,1-2H3,(H2,26,27)/b16-11-/t19-/m1/s1. The quantitative estimate of drug-likeness (QED) is 0.505. The Morgan fingerprint density at radius 3 is 2.52 bits per heavy atom. The van der Waals surface area contributed by atoms with Gasteiger partial charge in [0.25, 0.3) is 6.01 Å². The molecule has 1 aliphatic heterocycles. The van der Waals surface area contributed by atoms with Crippen molar-refractivity contribution >= 4 is 17.7 Å². The maximum atomic E-state index is 13.0. The van der Waals surface area contributed by atoms with Gasteiger partial charge in [-0.2, -0.15) is 10.2 Å². The van der Waals surface area contributed by atoms with Gasteiger partial charge in [-0.05, 0) is 18.2 Å². The van der Waals surface area contributed by atoms with E-state index in [1.54, 1.807) is 24.3 Å². The Bertz CT molecular complexity index is 1600. The SMILES string of the molecule is COc1ccccc1/C=c1/c(=O)oc2n1-c1oc(N)nc1[C@H](c1ccccc1OC)C=2C#N. The van der Waals surface area contributed by atoms with Gasteiger partial charge in [0.15, 0.2) is 0 Å². The minimum atomic E-state index is -0.702. The van der Waals surface area contributed by atoms with E-state index in [9.17, 15) is 10.1 Å². The molecule has 33 heavy (non-hydrogen) atoms. The molecule has 2 N–H and O–H groups in total. The van der Waals surface area contributed by atoms with Crippen molar-refractivity contribution < 1.29 is 18.3 Å². The summed E-state index contributed by atoms with van der Waals surface area (Å²) in [6.45, 7) is 0. The van der Waals surface area contributed by atoms with Gasteiger partial charge in [0.05, 0.1) is 20.1 Å². The van der Waals surface area contributed by atoms with Gasteiger partial charge in [0, 0.05) is 11.1 Å². The zero-order valence-electron chi connectivity index (χ0n) is 17.7. The van der Waals surface area contributed by atoms with Crippen molar-refractivity contribution in [3.05, 3.63) is 86.7 Å². The first-order chi connectivity index (χ1) is 16.1. The Labute approximate surface area is 187 Å². The van der Waals surface area contributed by atoms with E-state index in [2.05, 4.69) is 11.1 Å². The summed E-state index contributed by atoms with van der Waals surface area (Å²) < 4.78 is 23.6. The van der Waals surface area contributed by atoms with Gasteiger partial charge in [0.2, 0.25) is 11.4 Å². The smallest absolute Gasteiger partial charge is 0.362 e. The van der Waals surface area contributed by atoms with Crippen LogP contribution in [0.2, 0.25) is 0 Å². The van der Waals surface area contributed by atoms with Gasteiger partial charge in [-0.15, -0.1) is 0 Å². The number of ether oxygens (including phenoxy) is 2. The highest BCUT2D eigenvalue weighted by molar-refractivity contribution is 5.74. The van der Waals surface area contributed by atoms with Crippen LogP contribution in [0.1, 0.15) is 22.7 Å². The normalized spacial score (nSPS) is 15.0.